The highest BCUT2D eigenvalue weighted by Gasteiger charge is 2.45. The SMILES string of the molecule is C=CCC(C[C@H]1CCC2=CC(Nc3ccc(F)cc3)=C(C=N)C[C@@]21C)NC(C)=O. The number of anilines is 1. The van der Waals surface area contributed by atoms with Crippen LogP contribution in [0.5, 0.6) is 0 Å². The van der Waals surface area contributed by atoms with Crippen LogP contribution in [0.2, 0.25) is 0 Å². The maximum absolute atomic E-state index is 13.2. The van der Waals surface area contributed by atoms with E-state index >= 15 is 0 Å². The van der Waals surface area contributed by atoms with E-state index in [-0.39, 0.29) is 23.2 Å². The third-order valence-electron chi connectivity index (χ3n) is 6.34. The fourth-order valence-corrected chi connectivity index (χ4v) is 4.81. The molecule has 4 nitrogen and oxygen atoms in total. The largest absolute Gasteiger partial charge is 0.355 e. The van der Waals surface area contributed by atoms with Crippen LogP contribution in [0.25, 0.3) is 0 Å². The molecule has 154 valence electrons. The number of nitrogens with one attached hydrogen (secondary N) is 3. The first-order valence-electron chi connectivity index (χ1n) is 10.2. The van der Waals surface area contributed by atoms with Crippen molar-refractivity contribution in [3.8, 4) is 0 Å². The second-order valence-electron chi connectivity index (χ2n) is 8.37. The number of amides is 1. The number of halogens is 1. The molecule has 0 saturated heterocycles. The van der Waals surface area contributed by atoms with Crippen molar-refractivity contribution < 1.29 is 9.18 Å². The minimum absolute atomic E-state index is 0.00901. The fraction of sp³-hybridized carbons (Fsp3) is 0.417. The van der Waals surface area contributed by atoms with Crippen molar-refractivity contribution in [3.05, 3.63) is 65.7 Å². The Hall–Kier alpha value is -2.69. The van der Waals surface area contributed by atoms with Crippen molar-refractivity contribution in [1.29, 1.82) is 5.41 Å². The van der Waals surface area contributed by atoms with Crippen LogP contribution in [0, 0.1) is 22.6 Å². The van der Waals surface area contributed by atoms with Crippen LogP contribution in [0.15, 0.2) is 59.8 Å². The summed E-state index contributed by atoms with van der Waals surface area (Å²) in [5.41, 5.74) is 4.06. The van der Waals surface area contributed by atoms with Gasteiger partial charge in [-0.2, -0.15) is 0 Å². The molecule has 0 spiro atoms. The van der Waals surface area contributed by atoms with Crippen molar-refractivity contribution in [2.24, 2.45) is 11.3 Å². The second kappa shape index (κ2) is 8.76. The zero-order chi connectivity index (χ0) is 21.0. The Morgan fingerprint density at radius 3 is 2.76 bits per heavy atom. The van der Waals surface area contributed by atoms with E-state index in [1.165, 1.54) is 23.9 Å². The van der Waals surface area contributed by atoms with Crippen LogP contribution < -0.4 is 10.6 Å². The molecule has 1 unspecified atom stereocenters. The Morgan fingerprint density at radius 2 is 2.14 bits per heavy atom. The summed E-state index contributed by atoms with van der Waals surface area (Å²) >= 11 is 0. The lowest BCUT2D eigenvalue weighted by atomic mass is 9.68. The van der Waals surface area contributed by atoms with E-state index in [1.54, 1.807) is 19.1 Å². The minimum Gasteiger partial charge on any atom is -0.355 e. The number of carbonyl (C=O) groups excluding carboxylic acids is 1. The Kier molecular flexibility index (Phi) is 6.36. The zero-order valence-electron chi connectivity index (χ0n) is 17.2. The van der Waals surface area contributed by atoms with Crippen molar-refractivity contribution >= 4 is 17.8 Å². The van der Waals surface area contributed by atoms with Gasteiger partial charge in [0.15, 0.2) is 0 Å². The summed E-state index contributed by atoms with van der Waals surface area (Å²) in [6.07, 6.45) is 10.0. The number of fused-ring (bicyclic) bond motifs is 1. The molecule has 1 aromatic carbocycles. The molecule has 0 aromatic heterocycles. The van der Waals surface area contributed by atoms with Gasteiger partial charge in [0, 0.05) is 30.6 Å². The van der Waals surface area contributed by atoms with E-state index in [0.29, 0.717) is 5.92 Å². The van der Waals surface area contributed by atoms with Crippen LogP contribution in [0.3, 0.4) is 0 Å². The Labute approximate surface area is 172 Å². The fourth-order valence-electron chi connectivity index (χ4n) is 4.81. The minimum atomic E-state index is -0.265. The molecule has 29 heavy (non-hydrogen) atoms. The predicted molar refractivity (Wildman–Crippen MR) is 116 cm³/mol. The molecule has 3 rings (SSSR count). The molecule has 1 fully saturated rings. The highest BCUT2D eigenvalue weighted by Crippen LogP contribution is 2.55. The Morgan fingerprint density at radius 1 is 1.41 bits per heavy atom. The third kappa shape index (κ3) is 4.66. The third-order valence-corrected chi connectivity index (χ3v) is 6.34. The van der Waals surface area contributed by atoms with Crippen LogP contribution >= 0.6 is 0 Å². The van der Waals surface area contributed by atoms with E-state index in [9.17, 15) is 9.18 Å². The molecule has 1 saturated carbocycles. The maximum Gasteiger partial charge on any atom is 0.217 e. The summed E-state index contributed by atoms with van der Waals surface area (Å²) in [6, 6.07) is 6.38. The Balaban J connectivity index is 1.80. The van der Waals surface area contributed by atoms with Gasteiger partial charge < -0.3 is 16.0 Å². The van der Waals surface area contributed by atoms with Gasteiger partial charge in [0.2, 0.25) is 5.91 Å². The van der Waals surface area contributed by atoms with Crippen LogP contribution in [-0.2, 0) is 4.79 Å². The topological polar surface area (TPSA) is 65.0 Å². The molecule has 0 bridgehead atoms. The number of carbonyl (C=O) groups is 1. The standard InChI is InChI=1S/C24H30FN3O/c1-4-5-22(27-16(2)29)12-18-6-7-19-13-23(17(15-26)14-24(18,19)3)28-21-10-8-20(25)9-11-21/h4,8-11,13,15,18,22,26,28H,1,5-7,12,14H2,2-3H3,(H,27,29)/t18-,22?,24-/m1/s1. The highest BCUT2D eigenvalue weighted by atomic mass is 19.1. The molecule has 2 aliphatic carbocycles. The van der Waals surface area contributed by atoms with E-state index in [2.05, 4.69) is 30.2 Å². The molecular formula is C24H30FN3O. The van der Waals surface area contributed by atoms with Gasteiger partial charge in [0.1, 0.15) is 5.82 Å². The van der Waals surface area contributed by atoms with E-state index in [1.807, 2.05) is 6.08 Å². The zero-order valence-corrected chi connectivity index (χ0v) is 17.2. The van der Waals surface area contributed by atoms with Crippen molar-refractivity contribution in [2.75, 3.05) is 5.32 Å². The second-order valence-corrected chi connectivity index (χ2v) is 8.37. The summed E-state index contributed by atoms with van der Waals surface area (Å²) < 4.78 is 13.2. The van der Waals surface area contributed by atoms with Gasteiger partial charge in [-0.3, -0.25) is 4.79 Å². The summed E-state index contributed by atoms with van der Waals surface area (Å²) in [6.45, 7) is 7.67. The van der Waals surface area contributed by atoms with E-state index in [4.69, 9.17) is 5.41 Å². The van der Waals surface area contributed by atoms with Gasteiger partial charge >= 0.3 is 0 Å². The number of hydrogen-bond acceptors (Lipinski definition) is 3. The van der Waals surface area contributed by atoms with E-state index in [0.717, 1.165) is 49.1 Å². The quantitative estimate of drug-likeness (QED) is 0.410. The summed E-state index contributed by atoms with van der Waals surface area (Å²) in [5.74, 6) is 0.163. The predicted octanol–water partition coefficient (Wildman–Crippen LogP) is 5.36. The molecule has 0 radical (unpaired) electrons. The molecular weight excluding hydrogens is 365 g/mol. The lowest BCUT2D eigenvalue weighted by molar-refractivity contribution is -0.119. The first kappa shape index (κ1) is 21.0. The average molecular weight is 396 g/mol. The van der Waals surface area contributed by atoms with Crippen molar-refractivity contribution in [3.63, 3.8) is 0 Å². The molecule has 1 amide bonds. The summed E-state index contributed by atoms with van der Waals surface area (Å²) in [4.78, 5) is 11.6. The normalized spacial score (nSPS) is 24.4. The monoisotopic (exact) mass is 395 g/mol. The van der Waals surface area contributed by atoms with Gasteiger partial charge in [-0.05, 0) is 79.4 Å². The lowest BCUT2D eigenvalue weighted by Gasteiger charge is -2.38. The average Bonchev–Trinajstić information content (AvgIpc) is 2.98. The summed E-state index contributed by atoms with van der Waals surface area (Å²) in [7, 11) is 0. The number of hydrogen-bond donors (Lipinski definition) is 3. The molecule has 2 aliphatic rings. The highest BCUT2D eigenvalue weighted by molar-refractivity contribution is 5.81. The number of allylic oxidation sites excluding steroid dienone is 3. The lowest BCUT2D eigenvalue weighted by Crippen LogP contribution is -2.37. The first-order valence-corrected chi connectivity index (χ1v) is 10.2. The van der Waals surface area contributed by atoms with Gasteiger partial charge in [-0.1, -0.05) is 18.6 Å². The number of rotatable bonds is 8. The van der Waals surface area contributed by atoms with Gasteiger partial charge in [0.05, 0.1) is 0 Å². The molecule has 3 N–H and O–H groups in total. The summed E-state index contributed by atoms with van der Waals surface area (Å²) in [5, 5.41) is 14.4. The van der Waals surface area contributed by atoms with Crippen LogP contribution in [0.4, 0.5) is 10.1 Å². The van der Waals surface area contributed by atoms with Crippen LogP contribution in [-0.4, -0.2) is 18.2 Å². The van der Waals surface area contributed by atoms with Crippen molar-refractivity contribution in [1.82, 2.24) is 5.32 Å². The molecule has 0 aliphatic heterocycles. The van der Waals surface area contributed by atoms with E-state index < -0.39 is 0 Å². The number of benzene rings is 1. The Bertz CT molecular complexity index is 855. The molecule has 3 atom stereocenters. The first-order chi connectivity index (χ1) is 13.9. The molecule has 5 heteroatoms. The molecule has 1 aromatic rings. The van der Waals surface area contributed by atoms with Gasteiger partial charge in [0.25, 0.3) is 0 Å². The maximum atomic E-state index is 13.2. The van der Waals surface area contributed by atoms with Gasteiger partial charge in [-0.15, -0.1) is 6.58 Å². The smallest absolute Gasteiger partial charge is 0.217 e. The van der Waals surface area contributed by atoms with Crippen LogP contribution in [0.1, 0.15) is 46.0 Å². The van der Waals surface area contributed by atoms with Crippen molar-refractivity contribution in [2.45, 2.75) is 52.0 Å². The molecule has 0 heterocycles. The van der Waals surface area contributed by atoms with Gasteiger partial charge in [-0.25, -0.2) is 4.39 Å².